The Labute approximate surface area is 197 Å². The molecule has 0 saturated heterocycles. The Morgan fingerprint density at radius 3 is 2.19 bits per heavy atom. The van der Waals surface area contributed by atoms with E-state index in [9.17, 15) is 19.5 Å². The van der Waals surface area contributed by atoms with Crippen molar-refractivity contribution in [1.29, 1.82) is 0 Å². The van der Waals surface area contributed by atoms with Crippen LogP contribution in [0.2, 0.25) is 10.0 Å². The van der Waals surface area contributed by atoms with Gasteiger partial charge in [0.05, 0.1) is 36.3 Å². The summed E-state index contributed by atoms with van der Waals surface area (Å²) in [6.07, 6.45) is 1.66. The van der Waals surface area contributed by atoms with E-state index in [0.29, 0.717) is 21.5 Å². The Morgan fingerprint density at radius 2 is 1.62 bits per heavy atom. The average molecular weight is 487 g/mol. The number of fused-ring (bicyclic) bond motifs is 1. The SMILES string of the molecule is CN(C)C(=O)c1cc2c(s1)c(-c1ccc(C(=O)O)cc1)cn2C(=O)c1c(Cl)cccc1Cl. The minimum absolute atomic E-state index is 0.151. The van der Waals surface area contributed by atoms with Crippen molar-refractivity contribution >= 4 is 62.5 Å². The van der Waals surface area contributed by atoms with Gasteiger partial charge in [-0.2, -0.15) is 0 Å². The molecule has 0 unspecified atom stereocenters. The number of aromatic carboxylic acids is 1. The van der Waals surface area contributed by atoms with Gasteiger partial charge in [-0.3, -0.25) is 14.2 Å². The minimum atomic E-state index is -1.03. The van der Waals surface area contributed by atoms with Crippen LogP contribution in [-0.2, 0) is 0 Å². The lowest BCUT2D eigenvalue weighted by Gasteiger charge is -2.08. The molecule has 162 valence electrons. The van der Waals surface area contributed by atoms with Gasteiger partial charge >= 0.3 is 5.97 Å². The first kappa shape index (κ1) is 22.1. The zero-order valence-electron chi connectivity index (χ0n) is 16.9. The van der Waals surface area contributed by atoms with E-state index in [2.05, 4.69) is 0 Å². The number of carbonyl (C=O) groups excluding carboxylic acids is 2. The predicted molar refractivity (Wildman–Crippen MR) is 126 cm³/mol. The van der Waals surface area contributed by atoms with Gasteiger partial charge in [-0.05, 0) is 35.9 Å². The molecular weight excluding hydrogens is 471 g/mol. The number of aromatic nitrogens is 1. The van der Waals surface area contributed by atoms with Crippen LogP contribution < -0.4 is 0 Å². The molecule has 4 rings (SSSR count). The van der Waals surface area contributed by atoms with Gasteiger partial charge in [0.2, 0.25) is 0 Å². The summed E-state index contributed by atoms with van der Waals surface area (Å²) < 4.78 is 2.14. The molecule has 2 aromatic heterocycles. The zero-order valence-corrected chi connectivity index (χ0v) is 19.3. The summed E-state index contributed by atoms with van der Waals surface area (Å²) in [6.45, 7) is 0. The van der Waals surface area contributed by atoms with E-state index >= 15 is 0 Å². The lowest BCUT2D eigenvalue weighted by Crippen LogP contribution is -2.20. The van der Waals surface area contributed by atoms with Crippen molar-refractivity contribution in [2.45, 2.75) is 0 Å². The minimum Gasteiger partial charge on any atom is -0.478 e. The van der Waals surface area contributed by atoms with Crippen LogP contribution in [0.5, 0.6) is 0 Å². The molecule has 32 heavy (non-hydrogen) atoms. The summed E-state index contributed by atoms with van der Waals surface area (Å²) in [5.74, 6) is -1.65. The van der Waals surface area contributed by atoms with Crippen molar-refractivity contribution in [3.8, 4) is 11.1 Å². The Morgan fingerprint density at radius 1 is 1.00 bits per heavy atom. The first-order valence-electron chi connectivity index (χ1n) is 9.38. The van der Waals surface area contributed by atoms with Crippen molar-refractivity contribution in [3.63, 3.8) is 0 Å². The predicted octanol–water partition coefficient (Wildman–Crippen LogP) is 5.77. The number of benzene rings is 2. The van der Waals surface area contributed by atoms with Gasteiger partial charge in [-0.1, -0.05) is 41.4 Å². The second-order valence-corrected chi connectivity index (χ2v) is 9.09. The highest BCUT2D eigenvalue weighted by molar-refractivity contribution is 7.21. The third-order valence-electron chi connectivity index (χ3n) is 4.93. The number of hydrogen-bond donors (Lipinski definition) is 1. The zero-order chi connectivity index (χ0) is 23.2. The van der Waals surface area contributed by atoms with Gasteiger partial charge in [-0.25, -0.2) is 4.79 Å². The molecule has 9 heteroatoms. The topological polar surface area (TPSA) is 79.6 Å². The number of hydrogen-bond acceptors (Lipinski definition) is 4. The molecule has 0 spiro atoms. The molecule has 0 bridgehead atoms. The van der Waals surface area contributed by atoms with Crippen molar-refractivity contribution in [1.82, 2.24) is 9.47 Å². The fourth-order valence-corrected chi connectivity index (χ4v) is 5.09. The molecule has 0 radical (unpaired) electrons. The van der Waals surface area contributed by atoms with Crippen LogP contribution in [0.4, 0.5) is 0 Å². The number of carboxylic acid groups (broad SMARTS) is 1. The summed E-state index contributed by atoms with van der Waals surface area (Å²) in [6, 6.07) is 12.8. The van der Waals surface area contributed by atoms with Crippen molar-refractivity contribution in [2.24, 2.45) is 0 Å². The molecule has 4 aromatic rings. The Bertz CT molecular complexity index is 1370. The lowest BCUT2D eigenvalue weighted by atomic mass is 10.1. The molecular formula is C23H16Cl2N2O4S. The average Bonchev–Trinajstić information content (AvgIpc) is 3.32. The van der Waals surface area contributed by atoms with Crippen molar-refractivity contribution in [2.75, 3.05) is 14.1 Å². The number of halogens is 2. The standard InChI is InChI=1S/C23H16Cl2N2O4S/c1-26(2)21(28)18-10-17-20(32-18)14(12-6-8-13(9-7-12)23(30)31)11-27(17)22(29)19-15(24)4-3-5-16(19)25/h3-11H,1-2H3,(H,30,31). The third kappa shape index (κ3) is 3.79. The van der Waals surface area contributed by atoms with E-state index in [0.717, 1.165) is 4.70 Å². The largest absolute Gasteiger partial charge is 0.478 e. The second kappa shape index (κ2) is 8.43. The molecule has 0 aliphatic heterocycles. The van der Waals surface area contributed by atoms with E-state index < -0.39 is 11.9 Å². The van der Waals surface area contributed by atoms with E-state index in [-0.39, 0.29) is 27.1 Å². The van der Waals surface area contributed by atoms with E-state index in [1.807, 2.05) is 0 Å². The highest BCUT2D eigenvalue weighted by atomic mass is 35.5. The summed E-state index contributed by atoms with van der Waals surface area (Å²) >= 11 is 13.8. The van der Waals surface area contributed by atoms with Crippen LogP contribution in [0.1, 0.15) is 30.4 Å². The number of amides is 1. The summed E-state index contributed by atoms with van der Waals surface area (Å²) in [7, 11) is 3.31. The van der Waals surface area contributed by atoms with E-state index in [1.54, 1.807) is 56.7 Å². The third-order valence-corrected chi connectivity index (χ3v) is 6.71. The van der Waals surface area contributed by atoms with Gasteiger partial charge in [-0.15, -0.1) is 11.3 Å². The van der Waals surface area contributed by atoms with Crippen LogP contribution >= 0.6 is 34.5 Å². The Hall–Kier alpha value is -3.13. The molecule has 6 nitrogen and oxygen atoms in total. The molecule has 1 amide bonds. The normalized spacial score (nSPS) is 11.0. The van der Waals surface area contributed by atoms with Gasteiger partial charge < -0.3 is 10.0 Å². The van der Waals surface area contributed by atoms with Gasteiger partial charge in [0, 0.05) is 25.9 Å². The molecule has 2 heterocycles. The van der Waals surface area contributed by atoms with Gasteiger partial charge in [0.25, 0.3) is 11.8 Å². The fraction of sp³-hybridized carbons (Fsp3) is 0.0870. The number of carboxylic acids is 1. The maximum Gasteiger partial charge on any atom is 0.335 e. The highest BCUT2D eigenvalue weighted by Gasteiger charge is 2.24. The smallest absolute Gasteiger partial charge is 0.335 e. The number of thiophene rings is 1. The maximum atomic E-state index is 13.4. The number of nitrogens with zero attached hydrogens (tertiary/aromatic N) is 2. The molecule has 2 aromatic carbocycles. The van der Waals surface area contributed by atoms with E-state index in [1.165, 1.54) is 32.9 Å². The van der Waals surface area contributed by atoms with Crippen molar-refractivity contribution in [3.05, 3.63) is 80.8 Å². The fourth-order valence-electron chi connectivity index (χ4n) is 3.32. The summed E-state index contributed by atoms with van der Waals surface area (Å²) in [5.41, 5.74) is 2.25. The van der Waals surface area contributed by atoms with Crippen molar-refractivity contribution < 1.29 is 19.5 Å². The monoisotopic (exact) mass is 486 g/mol. The summed E-state index contributed by atoms with van der Waals surface area (Å²) in [5, 5.41) is 9.61. The van der Waals surface area contributed by atoms with Crippen LogP contribution in [0, 0.1) is 0 Å². The lowest BCUT2D eigenvalue weighted by molar-refractivity contribution is 0.0696. The Kier molecular flexibility index (Phi) is 5.81. The molecule has 0 atom stereocenters. The van der Waals surface area contributed by atoms with Crippen LogP contribution in [0.25, 0.3) is 21.3 Å². The molecule has 0 aliphatic rings. The van der Waals surface area contributed by atoms with Crippen LogP contribution in [-0.4, -0.2) is 46.5 Å². The van der Waals surface area contributed by atoms with Gasteiger partial charge in [0.1, 0.15) is 0 Å². The molecule has 0 saturated carbocycles. The number of rotatable bonds is 4. The second-order valence-electron chi connectivity index (χ2n) is 7.22. The summed E-state index contributed by atoms with van der Waals surface area (Å²) in [4.78, 5) is 39.1. The molecule has 0 aliphatic carbocycles. The quantitative estimate of drug-likeness (QED) is 0.397. The molecule has 0 fully saturated rings. The van der Waals surface area contributed by atoms with Gasteiger partial charge in [0.15, 0.2) is 0 Å². The first-order chi connectivity index (χ1) is 15.2. The van der Waals surface area contributed by atoms with Crippen LogP contribution in [0.3, 0.4) is 0 Å². The first-order valence-corrected chi connectivity index (χ1v) is 10.9. The molecule has 1 N–H and O–H groups in total. The van der Waals surface area contributed by atoms with Crippen LogP contribution in [0.15, 0.2) is 54.7 Å². The highest BCUT2D eigenvalue weighted by Crippen LogP contribution is 2.38. The number of carbonyl (C=O) groups is 3. The maximum absolute atomic E-state index is 13.4. The Balaban J connectivity index is 1.94. The van der Waals surface area contributed by atoms with E-state index in [4.69, 9.17) is 23.2 Å².